The molecule has 0 fully saturated rings. The lowest BCUT2D eigenvalue weighted by molar-refractivity contribution is 0.450. The summed E-state index contributed by atoms with van der Waals surface area (Å²) >= 11 is 1.46. The molecule has 1 rings (SSSR count). The highest BCUT2D eigenvalue weighted by molar-refractivity contribution is 7.99. The monoisotopic (exact) mass is 239 g/mol. The van der Waals surface area contributed by atoms with Crippen LogP contribution in [-0.2, 0) is 0 Å². The summed E-state index contributed by atoms with van der Waals surface area (Å²) < 4.78 is 4.40. The van der Waals surface area contributed by atoms with Crippen molar-refractivity contribution in [3.63, 3.8) is 0 Å². The lowest BCUT2D eigenvalue weighted by atomic mass is 10.1. The van der Waals surface area contributed by atoms with E-state index in [2.05, 4.69) is 25.2 Å². The van der Waals surface area contributed by atoms with Gasteiger partial charge in [-0.3, -0.25) is 0 Å². The van der Waals surface area contributed by atoms with Crippen LogP contribution in [0.25, 0.3) is 0 Å². The number of phenols is 2. The Hall–Kier alpha value is -1.16. The van der Waals surface area contributed by atoms with Gasteiger partial charge in [0.1, 0.15) is 11.5 Å². The lowest BCUT2D eigenvalue weighted by Crippen LogP contribution is -2.06. The first-order valence-electron chi connectivity index (χ1n) is 5.05. The van der Waals surface area contributed by atoms with Crippen molar-refractivity contribution in [3.05, 3.63) is 23.8 Å². The first-order valence-corrected chi connectivity index (χ1v) is 5.82. The van der Waals surface area contributed by atoms with Gasteiger partial charge in [-0.25, -0.2) is 4.40 Å². The van der Waals surface area contributed by atoms with Crippen molar-refractivity contribution in [3.8, 4) is 11.5 Å². The van der Waals surface area contributed by atoms with Gasteiger partial charge in [0.05, 0.1) is 5.71 Å². The number of benzene rings is 1. The average Bonchev–Trinajstić information content (AvgIpc) is 2.13. The minimum Gasteiger partial charge on any atom is -0.508 e. The van der Waals surface area contributed by atoms with E-state index >= 15 is 0 Å². The second kappa shape index (κ2) is 4.78. The van der Waals surface area contributed by atoms with Gasteiger partial charge in [-0.15, -0.1) is 0 Å². The summed E-state index contributed by atoms with van der Waals surface area (Å²) in [4.78, 5) is 0. The fourth-order valence-electron chi connectivity index (χ4n) is 1.08. The number of aromatic hydroxyl groups is 2. The van der Waals surface area contributed by atoms with Crippen LogP contribution in [0, 0.1) is 0 Å². The van der Waals surface area contributed by atoms with Crippen molar-refractivity contribution < 1.29 is 10.2 Å². The van der Waals surface area contributed by atoms with Gasteiger partial charge in [0, 0.05) is 16.4 Å². The normalized spacial score (nSPS) is 12.9. The van der Waals surface area contributed by atoms with Gasteiger partial charge in [0.2, 0.25) is 0 Å². The molecule has 0 radical (unpaired) electrons. The number of phenolic OH excluding ortho intramolecular Hbond substituents is 2. The summed E-state index contributed by atoms with van der Waals surface area (Å²) in [7, 11) is 0. The number of nitrogens with zero attached hydrogens (tertiary/aromatic N) is 1. The Balaban J connectivity index is 2.92. The van der Waals surface area contributed by atoms with Gasteiger partial charge in [-0.05, 0) is 51.8 Å². The molecule has 88 valence electrons. The molecule has 0 unspecified atom stereocenters. The largest absolute Gasteiger partial charge is 0.508 e. The van der Waals surface area contributed by atoms with Crippen molar-refractivity contribution in [2.45, 2.75) is 32.4 Å². The molecule has 1 aromatic rings. The molecule has 0 spiro atoms. The third-order valence-corrected chi connectivity index (χ3v) is 2.74. The van der Waals surface area contributed by atoms with Crippen molar-refractivity contribution >= 4 is 17.7 Å². The van der Waals surface area contributed by atoms with E-state index in [9.17, 15) is 10.2 Å². The zero-order valence-electron chi connectivity index (χ0n) is 9.98. The zero-order valence-corrected chi connectivity index (χ0v) is 10.8. The number of hydrogen-bond acceptors (Lipinski definition) is 4. The van der Waals surface area contributed by atoms with E-state index in [4.69, 9.17) is 0 Å². The maximum absolute atomic E-state index is 9.64. The summed E-state index contributed by atoms with van der Waals surface area (Å²) in [6, 6.07) is 4.51. The molecule has 0 atom stereocenters. The van der Waals surface area contributed by atoms with Crippen molar-refractivity contribution in [1.82, 2.24) is 0 Å². The number of hydrogen-bond donors (Lipinski definition) is 2. The lowest BCUT2D eigenvalue weighted by Gasteiger charge is -2.14. The van der Waals surface area contributed by atoms with Crippen molar-refractivity contribution in [2.75, 3.05) is 0 Å². The van der Waals surface area contributed by atoms with Crippen LogP contribution in [0.3, 0.4) is 0 Å². The maximum Gasteiger partial charge on any atom is 0.128 e. The Labute approximate surface area is 100 Å². The first kappa shape index (κ1) is 12.9. The van der Waals surface area contributed by atoms with E-state index < -0.39 is 0 Å². The van der Waals surface area contributed by atoms with Crippen LogP contribution in [0.5, 0.6) is 11.5 Å². The highest BCUT2D eigenvalue weighted by Gasteiger charge is 2.11. The molecule has 3 nitrogen and oxygen atoms in total. The molecule has 0 amide bonds. The molecule has 0 aliphatic carbocycles. The minimum absolute atomic E-state index is 0.0494. The van der Waals surface area contributed by atoms with Crippen LogP contribution in [-0.4, -0.2) is 20.7 Å². The molecule has 0 saturated carbocycles. The van der Waals surface area contributed by atoms with Crippen LogP contribution in [0.4, 0.5) is 0 Å². The summed E-state index contributed by atoms with van der Waals surface area (Å²) in [5.41, 5.74) is 1.40. The molecule has 1 aromatic carbocycles. The van der Waals surface area contributed by atoms with E-state index in [0.717, 1.165) is 5.71 Å². The average molecular weight is 239 g/mol. The molecule has 0 aliphatic heterocycles. The predicted octanol–water partition coefficient (Wildman–Crippen LogP) is 3.35. The van der Waals surface area contributed by atoms with Crippen molar-refractivity contribution in [2.24, 2.45) is 4.40 Å². The van der Waals surface area contributed by atoms with Crippen LogP contribution in [0.15, 0.2) is 22.6 Å². The molecule has 0 aliphatic rings. The predicted molar refractivity (Wildman–Crippen MR) is 69.3 cm³/mol. The van der Waals surface area contributed by atoms with Gasteiger partial charge >= 0.3 is 0 Å². The Morgan fingerprint density at radius 1 is 1.25 bits per heavy atom. The molecule has 2 N–H and O–H groups in total. The third-order valence-electron chi connectivity index (χ3n) is 1.83. The second-order valence-electron chi connectivity index (χ2n) is 4.58. The zero-order chi connectivity index (χ0) is 12.3. The maximum atomic E-state index is 9.64. The Bertz CT molecular complexity index is 408. The fraction of sp³-hybridized carbons (Fsp3) is 0.417. The summed E-state index contributed by atoms with van der Waals surface area (Å²) in [6.07, 6.45) is 0. The standard InChI is InChI=1S/C12H17NO2S/c1-8(13-16-12(2,3)4)10-6-5-9(14)7-11(10)15/h5-7,14-15H,1-4H3/b13-8+. The van der Waals surface area contributed by atoms with Crippen molar-refractivity contribution in [1.29, 1.82) is 0 Å². The highest BCUT2D eigenvalue weighted by Crippen LogP contribution is 2.28. The van der Waals surface area contributed by atoms with Crippen LogP contribution >= 0.6 is 11.9 Å². The third kappa shape index (κ3) is 3.77. The summed E-state index contributed by atoms with van der Waals surface area (Å²) in [5, 5.41) is 18.8. The van der Waals surface area contributed by atoms with Gasteiger partial charge in [-0.1, -0.05) is 0 Å². The fourth-order valence-corrected chi connectivity index (χ4v) is 1.59. The SMILES string of the molecule is C/C(=N\SC(C)(C)C)c1ccc(O)cc1O. The van der Waals surface area contributed by atoms with Crippen LogP contribution in [0.2, 0.25) is 0 Å². The quantitative estimate of drug-likeness (QED) is 0.614. The molecule has 0 bridgehead atoms. The molecule has 0 saturated heterocycles. The molecule has 0 aromatic heterocycles. The second-order valence-corrected chi connectivity index (χ2v) is 6.17. The Morgan fingerprint density at radius 3 is 2.38 bits per heavy atom. The molecular formula is C12H17NO2S. The van der Waals surface area contributed by atoms with E-state index in [1.807, 2.05) is 6.92 Å². The first-order chi connectivity index (χ1) is 7.29. The van der Waals surface area contributed by atoms with Gasteiger partial charge < -0.3 is 10.2 Å². The molecule has 4 heteroatoms. The Morgan fingerprint density at radius 2 is 1.88 bits per heavy atom. The molecule has 16 heavy (non-hydrogen) atoms. The topological polar surface area (TPSA) is 52.8 Å². The smallest absolute Gasteiger partial charge is 0.128 e. The van der Waals surface area contributed by atoms with Crippen LogP contribution in [0.1, 0.15) is 33.3 Å². The van der Waals surface area contributed by atoms with Gasteiger partial charge in [-0.2, -0.15) is 0 Å². The minimum atomic E-state index is 0.0494. The Kier molecular flexibility index (Phi) is 3.86. The van der Waals surface area contributed by atoms with E-state index in [-0.39, 0.29) is 16.2 Å². The van der Waals surface area contributed by atoms with E-state index in [1.54, 1.807) is 6.07 Å². The summed E-state index contributed by atoms with van der Waals surface area (Å²) in [6.45, 7) is 8.06. The highest BCUT2D eigenvalue weighted by atomic mass is 32.2. The van der Waals surface area contributed by atoms with E-state index in [1.165, 1.54) is 24.1 Å². The molecular weight excluding hydrogens is 222 g/mol. The van der Waals surface area contributed by atoms with Gasteiger partial charge in [0.25, 0.3) is 0 Å². The van der Waals surface area contributed by atoms with Crippen LogP contribution < -0.4 is 0 Å². The van der Waals surface area contributed by atoms with E-state index in [0.29, 0.717) is 5.56 Å². The number of rotatable bonds is 2. The molecule has 0 heterocycles. The van der Waals surface area contributed by atoms with Gasteiger partial charge in [0.15, 0.2) is 0 Å². The summed E-state index contributed by atoms with van der Waals surface area (Å²) in [5.74, 6) is 0.105.